The van der Waals surface area contributed by atoms with Crippen LogP contribution in [-0.2, 0) is 19.2 Å². The fraction of sp³-hybridized carbons (Fsp3) is 0.538. The molecule has 35 heavy (non-hydrogen) atoms. The van der Waals surface area contributed by atoms with Crippen LogP contribution < -0.4 is 5.73 Å². The Morgan fingerprint density at radius 2 is 1.77 bits per heavy atom. The van der Waals surface area contributed by atoms with Gasteiger partial charge in [-0.05, 0) is 55.1 Å². The average molecular weight is 485 g/mol. The van der Waals surface area contributed by atoms with Crippen molar-refractivity contribution in [3.05, 3.63) is 45.8 Å². The van der Waals surface area contributed by atoms with Crippen molar-refractivity contribution < 1.29 is 34.5 Å². The molecular weight excluding hydrogens is 452 g/mol. The summed E-state index contributed by atoms with van der Waals surface area (Å²) < 4.78 is 0. The lowest BCUT2D eigenvalue weighted by Crippen LogP contribution is -2.73. The highest BCUT2D eigenvalue weighted by Crippen LogP contribution is 2.52. The van der Waals surface area contributed by atoms with E-state index in [2.05, 4.69) is 0 Å². The quantitative estimate of drug-likeness (QED) is 0.413. The minimum atomic E-state index is -2.58. The summed E-state index contributed by atoms with van der Waals surface area (Å²) in [4.78, 5) is 53.8. The number of allylic oxidation sites excluding steroid dienone is 6. The van der Waals surface area contributed by atoms with Crippen LogP contribution >= 0.6 is 0 Å². The number of amides is 1. The lowest BCUT2D eigenvalue weighted by Gasteiger charge is -2.53. The minimum Gasteiger partial charge on any atom is -0.511 e. The smallest absolute Gasteiger partial charge is 0.235 e. The largest absolute Gasteiger partial charge is 0.511 e. The zero-order valence-corrected chi connectivity index (χ0v) is 20.7. The van der Waals surface area contributed by atoms with E-state index in [0.29, 0.717) is 22.3 Å². The Morgan fingerprint density at radius 3 is 2.29 bits per heavy atom. The fourth-order valence-corrected chi connectivity index (χ4v) is 6.22. The number of carbonyl (C=O) groups is 4. The average Bonchev–Trinajstić information content (AvgIpc) is 2.72. The molecule has 0 aromatic heterocycles. The number of likely N-dealkylation sites (N-methyl/N-ethyl adjacent to an activating group) is 1. The molecule has 3 unspecified atom stereocenters. The molecule has 1 fully saturated rings. The number of rotatable bonds is 2. The first kappa shape index (κ1) is 25.2. The van der Waals surface area contributed by atoms with Gasteiger partial charge in [-0.2, -0.15) is 0 Å². The second-order valence-corrected chi connectivity index (χ2v) is 11.2. The number of ketones is 3. The van der Waals surface area contributed by atoms with Gasteiger partial charge in [-0.1, -0.05) is 32.9 Å². The van der Waals surface area contributed by atoms with Crippen molar-refractivity contribution in [3.8, 4) is 0 Å². The predicted molar refractivity (Wildman–Crippen MR) is 126 cm³/mol. The van der Waals surface area contributed by atoms with Gasteiger partial charge in [-0.15, -0.1) is 0 Å². The molecule has 0 aromatic carbocycles. The summed E-state index contributed by atoms with van der Waals surface area (Å²) in [5.41, 5.74) is 4.35. The molecule has 0 radical (unpaired) electrons. The Hall–Kier alpha value is -2.88. The van der Waals surface area contributed by atoms with Crippen LogP contribution in [0.25, 0.3) is 0 Å². The van der Waals surface area contributed by atoms with Gasteiger partial charge in [0.05, 0.1) is 6.04 Å². The topological polar surface area (TPSA) is 158 Å². The summed E-state index contributed by atoms with van der Waals surface area (Å²) in [6.07, 6.45) is 1.50. The van der Waals surface area contributed by atoms with Crippen molar-refractivity contribution in [1.29, 1.82) is 0 Å². The zero-order valence-electron chi connectivity index (χ0n) is 20.7. The normalized spacial score (nSPS) is 35.5. The molecule has 4 aliphatic carbocycles. The molecule has 1 amide bonds. The molecule has 0 spiro atoms. The summed E-state index contributed by atoms with van der Waals surface area (Å²) in [5, 5.41) is 34.2. The minimum absolute atomic E-state index is 0.0487. The number of nitrogens with two attached hydrogens (primary N) is 1. The van der Waals surface area contributed by atoms with Crippen LogP contribution in [0.3, 0.4) is 0 Å². The number of hydrogen-bond acceptors (Lipinski definition) is 8. The number of aliphatic hydroxyl groups excluding tert-OH is 2. The van der Waals surface area contributed by atoms with Crippen LogP contribution in [0.1, 0.15) is 34.1 Å². The first-order chi connectivity index (χ1) is 16.1. The third-order valence-electron chi connectivity index (χ3n) is 7.97. The van der Waals surface area contributed by atoms with E-state index in [-0.39, 0.29) is 17.8 Å². The van der Waals surface area contributed by atoms with E-state index in [4.69, 9.17) is 5.73 Å². The number of primary amides is 1. The highest BCUT2D eigenvalue weighted by Gasteiger charge is 2.67. The molecule has 0 saturated heterocycles. The molecule has 4 aliphatic rings. The second-order valence-electron chi connectivity index (χ2n) is 11.2. The van der Waals surface area contributed by atoms with Gasteiger partial charge in [0.1, 0.15) is 17.8 Å². The maximum Gasteiger partial charge on any atom is 0.235 e. The van der Waals surface area contributed by atoms with Gasteiger partial charge in [-0.25, -0.2) is 0 Å². The molecule has 9 nitrogen and oxygen atoms in total. The van der Waals surface area contributed by atoms with E-state index >= 15 is 0 Å². The highest BCUT2D eigenvalue weighted by molar-refractivity contribution is 6.24. The maximum atomic E-state index is 13.8. The molecule has 0 aromatic rings. The molecule has 4 rings (SSSR count). The number of Topliss-reactive ketones (excluding diaryl/α,β-unsaturated/α-hetero) is 3. The van der Waals surface area contributed by atoms with Crippen LogP contribution in [0.15, 0.2) is 45.8 Å². The van der Waals surface area contributed by atoms with Gasteiger partial charge in [-0.3, -0.25) is 24.1 Å². The van der Waals surface area contributed by atoms with Crippen molar-refractivity contribution in [2.45, 2.75) is 51.9 Å². The van der Waals surface area contributed by atoms with Gasteiger partial charge in [0, 0.05) is 11.5 Å². The summed E-state index contributed by atoms with van der Waals surface area (Å²) in [5.74, 6) is -8.04. The number of carbonyl (C=O) groups excluding carboxylic acids is 4. The zero-order chi connectivity index (χ0) is 26.4. The van der Waals surface area contributed by atoms with E-state index < -0.39 is 64.2 Å². The van der Waals surface area contributed by atoms with Crippen molar-refractivity contribution >= 4 is 23.3 Å². The number of fused-ring (bicyclic) bond motifs is 2. The maximum absolute atomic E-state index is 13.8. The molecule has 6 atom stereocenters. The Balaban J connectivity index is 1.93. The number of aliphatic hydroxyl groups is 3. The van der Waals surface area contributed by atoms with Gasteiger partial charge in [0.2, 0.25) is 5.91 Å². The van der Waals surface area contributed by atoms with E-state index in [9.17, 15) is 34.5 Å². The summed E-state index contributed by atoms with van der Waals surface area (Å²) in [6.45, 7) is 7.45. The van der Waals surface area contributed by atoms with Crippen molar-refractivity contribution in [2.75, 3.05) is 14.1 Å². The molecule has 1 saturated carbocycles. The Kier molecular flexibility index (Phi) is 5.63. The number of nitrogens with zero attached hydrogens (tertiary/aromatic N) is 1. The molecule has 0 aliphatic heterocycles. The Morgan fingerprint density at radius 1 is 1.17 bits per heavy atom. The molecule has 0 heterocycles. The molecule has 188 valence electrons. The standard InChI is InChI=1S/C26H32N2O7/c1-10-11-7-8-13(25(2,3)4)19(29)15(11)20(30)16-12(10)9-14-18(28(5)6)21(31)17(24(27)34)23(33)26(14,35)22(16)32/h7-8,14-15,17-18,22,29,32,35H,9H2,1-6H3,(H2,27,34)/t14-,15?,17?,18-,22?,26-/m1/s1. The van der Waals surface area contributed by atoms with Gasteiger partial charge >= 0.3 is 0 Å². The molecule has 0 bridgehead atoms. The van der Waals surface area contributed by atoms with Crippen molar-refractivity contribution in [3.63, 3.8) is 0 Å². The molecular formula is C26H32N2O7. The van der Waals surface area contributed by atoms with E-state index in [1.165, 1.54) is 4.90 Å². The summed E-state index contributed by atoms with van der Waals surface area (Å²) in [6, 6.07) is -1.09. The van der Waals surface area contributed by atoms with Gasteiger partial charge in [0.25, 0.3) is 0 Å². The second kappa shape index (κ2) is 7.81. The van der Waals surface area contributed by atoms with E-state index in [1.54, 1.807) is 33.2 Å². The van der Waals surface area contributed by atoms with Crippen LogP contribution in [0.2, 0.25) is 0 Å². The lowest BCUT2D eigenvalue weighted by molar-refractivity contribution is -0.182. The monoisotopic (exact) mass is 484 g/mol. The molecule has 5 N–H and O–H groups in total. The number of hydrogen-bond donors (Lipinski definition) is 4. The van der Waals surface area contributed by atoms with Crippen molar-refractivity contribution in [1.82, 2.24) is 4.90 Å². The van der Waals surface area contributed by atoms with Gasteiger partial charge in [0.15, 0.2) is 28.9 Å². The Labute approximate surface area is 203 Å². The predicted octanol–water partition coefficient (Wildman–Crippen LogP) is 0.522. The van der Waals surface area contributed by atoms with Gasteiger partial charge < -0.3 is 21.1 Å². The first-order valence-electron chi connectivity index (χ1n) is 11.6. The highest BCUT2D eigenvalue weighted by atomic mass is 16.4. The Bertz CT molecular complexity index is 1200. The SMILES string of the molecule is CC1=C2C=CC(C(C)(C)C)=C(O)C2C(=O)C2=C1C[C@@H]1[C@@H](N(C)C)C(=O)C(C(N)=O)C(=O)[C@]1(O)C2O. The third kappa shape index (κ3) is 3.25. The third-order valence-corrected chi connectivity index (χ3v) is 7.97. The van der Waals surface area contributed by atoms with E-state index in [0.717, 1.165) is 0 Å². The van der Waals surface area contributed by atoms with E-state index in [1.807, 2.05) is 20.8 Å². The fourth-order valence-electron chi connectivity index (χ4n) is 6.22. The summed E-state index contributed by atoms with van der Waals surface area (Å²) in [7, 11) is 3.14. The first-order valence-corrected chi connectivity index (χ1v) is 11.6. The van der Waals surface area contributed by atoms with Crippen LogP contribution in [0.5, 0.6) is 0 Å². The van der Waals surface area contributed by atoms with Crippen LogP contribution in [0.4, 0.5) is 0 Å². The van der Waals surface area contributed by atoms with Crippen LogP contribution in [0, 0.1) is 23.2 Å². The lowest BCUT2D eigenvalue weighted by atomic mass is 9.55. The van der Waals surface area contributed by atoms with Crippen molar-refractivity contribution in [2.24, 2.45) is 28.9 Å². The molecule has 9 heteroatoms. The van der Waals surface area contributed by atoms with Crippen LogP contribution in [-0.4, -0.2) is 75.3 Å². The summed E-state index contributed by atoms with van der Waals surface area (Å²) >= 11 is 0.